The van der Waals surface area contributed by atoms with E-state index in [2.05, 4.69) is 27.9 Å². The number of amides is 3. The van der Waals surface area contributed by atoms with Crippen molar-refractivity contribution in [3.8, 4) is 0 Å². The Labute approximate surface area is 137 Å². The number of piperidine rings is 1. The third-order valence-corrected chi connectivity index (χ3v) is 4.78. The van der Waals surface area contributed by atoms with Crippen molar-refractivity contribution in [1.82, 2.24) is 20.9 Å². The van der Waals surface area contributed by atoms with Crippen LogP contribution in [-0.4, -0.2) is 60.9 Å². The molecule has 1 atom stereocenters. The lowest BCUT2D eigenvalue weighted by Gasteiger charge is -2.29. The molecule has 0 spiro atoms. The van der Waals surface area contributed by atoms with Crippen molar-refractivity contribution in [2.45, 2.75) is 57.0 Å². The summed E-state index contributed by atoms with van der Waals surface area (Å²) in [5, 5.41) is 8.53. The molecule has 0 bridgehead atoms. The van der Waals surface area contributed by atoms with Gasteiger partial charge in [0.25, 0.3) is 0 Å². The molecule has 7 nitrogen and oxygen atoms in total. The van der Waals surface area contributed by atoms with Gasteiger partial charge in [0.2, 0.25) is 17.7 Å². The second-order valence-corrected chi connectivity index (χ2v) is 7.03. The molecule has 2 heterocycles. The van der Waals surface area contributed by atoms with Gasteiger partial charge in [0.15, 0.2) is 0 Å². The number of rotatable bonds is 6. The van der Waals surface area contributed by atoms with Crippen LogP contribution < -0.4 is 16.0 Å². The van der Waals surface area contributed by atoms with E-state index in [1.165, 1.54) is 0 Å². The lowest BCUT2D eigenvalue weighted by atomic mass is 9.94. The first-order valence-corrected chi connectivity index (χ1v) is 8.42. The van der Waals surface area contributed by atoms with Crippen LogP contribution in [0.5, 0.6) is 0 Å². The van der Waals surface area contributed by atoms with Crippen molar-refractivity contribution >= 4 is 17.7 Å². The van der Waals surface area contributed by atoms with Gasteiger partial charge in [-0.15, -0.1) is 0 Å². The second kappa shape index (κ2) is 7.77. The minimum Gasteiger partial charge on any atom is -0.352 e. The Bertz CT molecular complexity index is 460. The number of carbonyl (C=O) groups is 3. The summed E-state index contributed by atoms with van der Waals surface area (Å²) >= 11 is 0. The number of nitrogens with zero attached hydrogens (tertiary/aromatic N) is 1. The molecule has 3 N–H and O–H groups in total. The van der Waals surface area contributed by atoms with Crippen molar-refractivity contribution < 1.29 is 14.4 Å². The Kier molecular flexibility index (Phi) is 5.98. The van der Waals surface area contributed by atoms with Crippen LogP contribution in [0.4, 0.5) is 0 Å². The molecule has 0 aromatic rings. The molecule has 2 aliphatic rings. The average molecular weight is 324 g/mol. The topological polar surface area (TPSA) is 90.5 Å². The van der Waals surface area contributed by atoms with E-state index < -0.39 is 0 Å². The normalized spacial score (nSPS) is 25.9. The van der Waals surface area contributed by atoms with Gasteiger partial charge in [0.05, 0.1) is 6.54 Å². The smallest absolute Gasteiger partial charge is 0.239 e. The van der Waals surface area contributed by atoms with E-state index in [0.717, 1.165) is 32.4 Å². The van der Waals surface area contributed by atoms with Crippen molar-refractivity contribution in [3.05, 3.63) is 0 Å². The number of likely N-dealkylation sites (tertiary alicyclic amines) is 1. The fraction of sp³-hybridized carbons (Fsp3) is 0.812. The van der Waals surface area contributed by atoms with Crippen LogP contribution in [0.15, 0.2) is 0 Å². The summed E-state index contributed by atoms with van der Waals surface area (Å²) in [6.45, 7) is 3.95. The minimum atomic E-state index is -0.287. The van der Waals surface area contributed by atoms with Crippen LogP contribution in [0.2, 0.25) is 0 Å². The van der Waals surface area contributed by atoms with Crippen molar-refractivity contribution in [2.24, 2.45) is 0 Å². The van der Waals surface area contributed by atoms with E-state index in [1.54, 1.807) is 0 Å². The fourth-order valence-electron chi connectivity index (χ4n) is 3.13. The molecule has 2 saturated heterocycles. The highest BCUT2D eigenvalue weighted by molar-refractivity contribution is 5.85. The monoisotopic (exact) mass is 324 g/mol. The number of nitrogens with one attached hydrogen (secondary N) is 3. The minimum absolute atomic E-state index is 0.0221. The predicted molar refractivity (Wildman–Crippen MR) is 86.7 cm³/mol. The lowest BCUT2D eigenvalue weighted by Crippen LogP contribution is -2.46. The first-order valence-electron chi connectivity index (χ1n) is 8.42. The van der Waals surface area contributed by atoms with Gasteiger partial charge in [-0.2, -0.15) is 0 Å². The molecule has 0 aromatic carbocycles. The molecule has 0 aliphatic carbocycles. The molecule has 3 amide bonds. The lowest BCUT2D eigenvalue weighted by molar-refractivity contribution is -0.126. The van der Waals surface area contributed by atoms with E-state index in [4.69, 9.17) is 0 Å². The first-order chi connectivity index (χ1) is 10.9. The zero-order chi connectivity index (χ0) is 16.9. The summed E-state index contributed by atoms with van der Waals surface area (Å²) in [5.41, 5.74) is -0.287. The van der Waals surface area contributed by atoms with Gasteiger partial charge in [0.1, 0.15) is 0 Å². The molecule has 0 saturated carbocycles. The van der Waals surface area contributed by atoms with E-state index in [0.29, 0.717) is 19.3 Å². The van der Waals surface area contributed by atoms with Gasteiger partial charge in [-0.3, -0.25) is 14.4 Å². The van der Waals surface area contributed by atoms with Crippen LogP contribution in [0, 0.1) is 0 Å². The largest absolute Gasteiger partial charge is 0.352 e. The van der Waals surface area contributed by atoms with Crippen molar-refractivity contribution in [1.29, 1.82) is 0 Å². The standard InChI is InChI=1S/C16H28N4O3/c1-16(8-4-14(22)19-16)7-3-13(21)17-11-15(23)18-12-5-9-20(2)10-6-12/h12H,3-11H2,1-2H3,(H,17,21)(H,18,23)(H,19,22). The van der Waals surface area contributed by atoms with E-state index in [9.17, 15) is 14.4 Å². The van der Waals surface area contributed by atoms with Gasteiger partial charge in [-0.05, 0) is 52.7 Å². The fourth-order valence-corrected chi connectivity index (χ4v) is 3.13. The number of hydrogen-bond donors (Lipinski definition) is 3. The Balaban J connectivity index is 1.60. The highest BCUT2D eigenvalue weighted by Gasteiger charge is 2.33. The van der Waals surface area contributed by atoms with Crippen LogP contribution >= 0.6 is 0 Å². The zero-order valence-corrected chi connectivity index (χ0v) is 14.1. The maximum absolute atomic E-state index is 11.9. The molecule has 2 aliphatic heterocycles. The molecule has 1 unspecified atom stereocenters. The summed E-state index contributed by atoms with van der Waals surface area (Å²) in [4.78, 5) is 37.2. The summed E-state index contributed by atoms with van der Waals surface area (Å²) in [5.74, 6) is -0.232. The van der Waals surface area contributed by atoms with Gasteiger partial charge in [-0.25, -0.2) is 0 Å². The van der Waals surface area contributed by atoms with Gasteiger partial charge in [0, 0.05) is 24.4 Å². The average Bonchev–Trinajstić information content (AvgIpc) is 2.85. The molecular formula is C16H28N4O3. The maximum atomic E-state index is 11.9. The Morgan fingerprint density at radius 1 is 1.30 bits per heavy atom. The third-order valence-electron chi connectivity index (χ3n) is 4.78. The Hall–Kier alpha value is -1.63. The van der Waals surface area contributed by atoms with Crippen molar-refractivity contribution in [2.75, 3.05) is 26.7 Å². The predicted octanol–water partition coefficient (Wildman–Crippen LogP) is -0.238. The summed E-state index contributed by atoms with van der Waals surface area (Å²) < 4.78 is 0. The molecule has 2 rings (SSSR count). The highest BCUT2D eigenvalue weighted by atomic mass is 16.2. The molecule has 2 fully saturated rings. The van der Waals surface area contributed by atoms with Gasteiger partial charge >= 0.3 is 0 Å². The van der Waals surface area contributed by atoms with E-state index in [1.807, 2.05) is 6.92 Å². The Morgan fingerprint density at radius 3 is 2.61 bits per heavy atom. The van der Waals surface area contributed by atoms with Gasteiger partial charge in [-0.1, -0.05) is 0 Å². The summed E-state index contributed by atoms with van der Waals surface area (Å²) in [6.07, 6.45) is 4.11. The highest BCUT2D eigenvalue weighted by Crippen LogP contribution is 2.24. The van der Waals surface area contributed by atoms with Crippen molar-refractivity contribution in [3.63, 3.8) is 0 Å². The third kappa shape index (κ3) is 5.82. The van der Waals surface area contributed by atoms with Crippen LogP contribution in [0.3, 0.4) is 0 Å². The number of hydrogen-bond acceptors (Lipinski definition) is 4. The number of carbonyl (C=O) groups excluding carboxylic acids is 3. The molecule has 0 aromatic heterocycles. The maximum Gasteiger partial charge on any atom is 0.239 e. The molecule has 23 heavy (non-hydrogen) atoms. The molecular weight excluding hydrogens is 296 g/mol. The Morgan fingerprint density at radius 2 is 2.00 bits per heavy atom. The first kappa shape index (κ1) is 17.7. The molecule has 0 radical (unpaired) electrons. The quantitative estimate of drug-likeness (QED) is 0.629. The van der Waals surface area contributed by atoms with E-state index in [-0.39, 0.29) is 35.8 Å². The summed E-state index contributed by atoms with van der Waals surface area (Å²) in [6, 6.07) is 0.211. The van der Waals surface area contributed by atoms with E-state index >= 15 is 0 Å². The van der Waals surface area contributed by atoms with Crippen LogP contribution in [-0.2, 0) is 14.4 Å². The van der Waals surface area contributed by atoms with Crippen LogP contribution in [0.25, 0.3) is 0 Å². The molecule has 130 valence electrons. The molecule has 7 heteroatoms. The van der Waals surface area contributed by atoms with Crippen LogP contribution in [0.1, 0.15) is 45.4 Å². The summed E-state index contributed by atoms with van der Waals surface area (Å²) in [7, 11) is 2.07. The van der Waals surface area contributed by atoms with Gasteiger partial charge < -0.3 is 20.9 Å². The SMILES string of the molecule is CN1CCC(NC(=O)CNC(=O)CCC2(C)CCC(=O)N2)CC1. The zero-order valence-electron chi connectivity index (χ0n) is 14.1. The second-order valence-electron chi connectivity index (χ2n) is 7.03.